The second-order valence-corrected chi connectivity index (χ2v) is 6.88. The Morgan fingerprint density at radius 2 is 1.86 bits per heavy atom. The van der Waals surface area contributed by atoms with Crippen LogP contribution in [-0.4, -0.2) is 39.8 Å². The monoisotopic (exact) mass is 420 g/mol. The molecule has 2 heterocycles. The number of pyridine rings is 1. The second-order valence-electron chi connectivity index (χ2n) is 6.07. The van der Waals surface area contributed by atoms with E-state index in [0.29, 0.717) is 21.3 Å². The quantitative estimate of drug-likeness (QED) is 0.551. The maximum atomic E-state index is 12.0. The van der Waals surface area contributed by atoms with Gasteiger partial charge in [-0.25, -0.2) is 9.78 Å². The first-order valence-corrected chi connectivity index (χ1v) is 9.18. The van der Waals surface area contributed by atoms with Crippen LogP contribution in [0.5, 0.6) is 0 Å². The molecule has 0 aliphatic rings. The Bertz CT molecular complexity index is 1050. The van der Waals surface area contributed by atoms with E-state index < -0.39 is 6.03 Å². The summed E-state index contributed by atoms with van der Waals surface area (Å²) in [7, 11) is 1.81. The van der Waals surface area contributed by atoms with E-state index in [2.05, 4.69) is 26.0 Å². The fourth-order valence-corrected chi connectivity index (χ4v) is 2.94. The highest BCUT2D eigenvalue weighted by atomic mass is 35.5. The zero-order valence-corrected chi connectivity index (χ0v) is 16.7. The van der Waals surface area contributed by atoms with Gasteiger partial charge in [-0.05, 0) is 31.2 Å². The molecule has 3 amide bonds. The first-order valence-electron chi connectivity index (χ1n) is 8.42. The summed E-state index contributed by atoms with van der Waals surface area (Å²) in [5.74, 6) is -0.303. The third-order valence-electron chi connectivity index (χ3n) is 4.00. The van der Waals surface area contributed by atoms with Crippen LogP contribution in [-0.2, 0) is 7.05 Å². The van der Waals surface area contributed by atoms with E-state index >= 15 is 0 Å². The maximum absolute atomic E-state index is 12.0. The minimum Gasteiger partial charge on any atom is -0.350 e. The Labute approximate surface area is 171 Å². The summed E-state index contributed by atoms with van der Waals surface area (Å²) in [4.78, 5) is 28.4. The molecule has 0 spiro atoms. The number of hydrogen-bond acceptors (Lipinski definition) is 4. The van der Waals surface area contributed by atoms with Gasteiger partial charge in [-0.2, -0.15) is 5.10 Å². The van der Waals surface area contributed by atoms with Gasteiger partial charge in [-0.1, -0.05) is 23.2 Å². The van der Waals surface area contributed by atoms with Crippen LogP contribution in [0.25, 0.3) is 11.0 Å². The molecule has 3 rings (SSSR count). The lowest BCUT2D eigenvalue weighted by molar-refractivity contribution is 0.0954. The van der Waals surface area contributed by atoms with Crippen molar-refractivity contribution in [2.45, 2.75) is 6.92 Å². The third kappa shape index (κ3) is 4.52. The fourth-order valence-electron chi connectivity index (χ4n) is 2.64. The number of urea groups is 1. The third-order valence-corrected chi connectivity index (χ3v) is 4.74. The van der Waals surface area contributed by atoms with E-state index in [0.717, 1.165) is 16.7 Å². The zero-order valence-electron chi connectivity index (χ0n) is 15.2. The molecule has 10 heteroatoms. The lowest BCUT2D eigenvalue weighted by Gasteiger charge is -2.09. The van der Waals surface area contributed by atoms with Crippen LogP contribution < -0.4 is 16.0 Å². The minimum atomic E-state index is -0.397. The van der Waals surface area contributed by atoms with Crippen LogP contribution in [0.3, 0.4) is 0 Å². The predicted molar refractivity (Wildman–Crippen MR) is 109 cm³/mol. The number of benzene rings is 1. The maximum Gasteiger partial charge on any atom is 0.319 e. The largest absolute Gasteiger partial charge is 0.350 e. The summed E-state index contributed by atoms with van der Waals surface area (Å²) in [6.07, 6.45) is 1.56. The van der Waals surface area contributed by atoms with Crippen molar-refractivity contribution in [3.63, 3.8) is 0 Å². The molecule has 0 unspecified atom stereocenters. The number of amides is 3. The smallest absolute Gasteiger partial charge is 0.319 e. The summed E-state index contributed by atoms with van der Waals surface area (Å²) in [5, 5.41) is 13.9. The highest BCUT2D eigenvalue weighted by Gasteiger charge is 2.10. The molecule has 146 valence electrons. The molecule has 8 nitrogen and oxygen atoms in total. The Kier molecular flexibility index (Phi) is 6.01. The summed E-state index contributed by atoms with van der Waals surface area (Å²) >= 11 is 11.7. The lowest BCUT2D eigenvalue weighted by Crippen LogP contribution is -2.36. The molecule has 0 bridgehead atoms. The molecule has 0 saturated carbocycles. The lowest BCUT2D eigenvalue weighted by atomic mass is 10.2. The van der Waals surface area contributed by atoms with Crippen LogP contribution in [0, 0.1) is 6.92 Å². The van der Waals surface area contributed by atoms with Crippen molar-refractivity contribution in [1.82, 2.24) is 25.4 Å². The molecule has 0 saturated heterocycles. The van der Waals surface area contributed by atoms with Gasteiger partial charge in [0.15, 0.2) is 5.65 Å². The van der Waals surface area contributed by atoms with E-state index in [1.807, 2.05) is 20.0 Å². The predicted octanol–water partition coefficient (Wildman–Crippen LogP) is 3.14. The van der Waals surface area contributed by atoms with Gasteiger partial charge in [-0.3, -0.25) is 9.48 Å². The fraction of sp³-hybridized carbons (Fsp3) is 0.222. The van der Waals surface area contributed by atoms with Crippen LogP contribution in [0.15, 0.2) is 30.5 Å². The van der Waals surface area contributed by atoms with Gasteiger partial charge < -0.3 is 16.0 Å². The van der Waals surface area contributed by atoms with Crippen molar-refractivity contribution < 1.29 is 9.59 Å². The highest BCUT2D eigenvalue weighted by Crippen LogP contribution is 2.22. The molecule has 3 aromatic rings. The van der Waals surface area contributed by atoms with Crippen LogP contribution >= 0.6 is 23.2 Å². The van der Waals surface area contributed by atoms with Gasteiger partial charge in [0.1, 0.15) is 0 Å². The number of carbonyl (C=O) groups is 2. The van der Waals surface area contributed by atoms with Crippen molar-refractivity contribution in [2.75, 3.05) is 18.4 Å². The van der Waals surface area contributed by atoms with Gasteiger partial charge in [0, 0.05) is 31.1 Å². The number of aryl methyl sites for hydroxylation is 2. The van der Waals surface area contributed by atoms with E-state index in [1.54, 1.807) is 23.0 Å². The average Bonchev–Trinajstić information content (AvgIpc) is 2.94. The van der Waals surface area contributed by atoms with E-state index in [4.69, 9.17) is 23.2 Å². The van der Waals surface area contributed by atoms with Crippen molar-refractivity contribution >= 4 is 51.9 Å². The summed E-state index contributed by atoms with van der Waals surface area (Å²) < 4.78 is 1.69. The van der Waals surface area contributed by atoms with E-state index in [1.165, 1.54) is 6.07 Å². The first-order chi connectivity index (χ1) is 13.3. The standard InChI is InChI=1S/C18H18Cl2N6O2/c1-10-13-8-12(9-23-16(13)26(2)25-10)24-18(28)22-6-5-21-17(27)11-3-4-14(19)15(20)7-11/h3-4,7-9H,5-6H2,1-2H3,(H,21,27)(H2,22,24,28). The van der Waals surface area contributed by atoms with Gasteiger partial charge in [0.25, 0.3) is 5.91 Å². The number of aromatic nitrogens is 3. The number of anilines is 1. The van der Waals surface area contributed by atoms with Gasteiger partial charge >= 0.3 is 6.03 Å². The molecule has 0 radical (unpaired) electrons. The Balaban J connectivity index is 1.47. The van der Waals surface area contributed by atoms with Crippen molar-refractivity contribution in [3.8, 4) is 0 Å². The number of rotatable bonds is 5. The molecule has 3 N–H and O–H groups in total. The average molecular weight is 421 g/mol. The van der Waals surface area contributed by atoms with E-state index in [9.17, 15) is 9.59 Å². The summed E-state index contributed by atoms with van der Waals surface area (Å²) in [6, 6.07) is 6.04. The molecule has 2 aromatic heterocycles. The number of nitrogens with one attached hydrogen (secondary N) is 3. The number of fused-ring (bicyclic) bond motifs is 1. The topological polar surface area (TPSA) is 101 Å². The number of carbonyl (C=O) groups excluding carboxylic acids is 2. The molecule has 0 atom stereocenters. The number of hydrogen-bond donors (Lipinski definition) is 3. The van der Waals surface area contributed by atoms with Crippen LogP contribution in [0.2, 0.25) is 10.0 Å². The summed E-state index contributed by atoms with van der Waals surface area (Å²) in [5.41, 5.74) is 2.53. The van der Waals surface area contributed by atoms with E-state index in [-0.39, 0.29) is 19.0 Å². The zero-order chi connectivity index (χ0) is 20.3. The molecule has 0 aliphatic heterocycles. The van der Waals surface area contributed by atoms with Crippen molar-refractivity contribution in [1.29, 1.82) is 0 Å². The molecule has 0 fully saturated rings. The van der Waals surface area contributed by atoms with Crippen LogP contribution in [0.4, 0.5) is 10.5 Å². The molecular weight excluding hydrogens is 403 g/mol. The van der Waals surface area contributed by atoms with Crippen molar-refractivity contribution in [3.05, 3.63) is 51.8 Å². The summed E-state index contributed by atoms with van der Waals surface area (Å²) in [6.45, 7) is 2.39. The molecule has 1 aromatic carbocycles. The molecular formula is C18H18Cl2N6O2. The Morgan fingerprint density at radius 1 is 1.11 bits per heavy atom. The van der Waals surface area contributed by atoms with Crippen molar-refractivity contribution in [2.24, 2.45) is 7.05 Å². The van der Waals surface area contributed by atoms with Crippen LogP contribution in [0.1, 0.15) is 16.1 Å². The van der Waals surface area contributed by atoms with Gasteiger partial charge in [-0.15, -0.1) is 0 Å². The SMILES string of the molecule is Cc1nn(C)c2ncc(NC(=O)NCCNC(=O)c3ccc(Cl)c(Cl)c3)cc12. The Morgan fingerprint density at radius 3 is 2.61 bits per heavy atom. The highest BCUT2D eigenvalue weighted by molar-refractivity contribution is 6.42. The Hall–Kier alpha value is -2.84. The number of halogens is 2. The molecule has 0 aliphatic carbocycles. The van der Waals surface area contributed by atoms with Gasteiger partial charge in [0.05, 0.1) is 27.6 Å². The first kappa shape index (κ1) is 19.9. The minimum absolute atomic E-state index is 0.250. The number of nitrogens with zero attached hydrogens (tertiary/aromatic N) is 3. The molecule has 28 heavy (non-hydrogen) atoms. The second kappa shape index (κ2) is 8.45. The normalized spacial score (nSPS) is 10.7. The van der Waals surface area contributed by atoms with Gasteiger partial charge in [0.2, 0.25) is 0 Å².